The van der Waals surface area contributed by atoms with Crippen molar-refractivity contribution >= 4 is 29.5 Å². The standard InChI is InChI=1S/C25H22O14/c1-36-15(27)7-16(28)37-8-14-20(30)22(32)23(33)25(39-14)38-13-4-2-3-10-18(13)21(31)17-11(19(10)29)5-9(24(34)35)6-12(17)26/h2-6,14,20,22-23,25-26,30,32-33H,7-8H2,1H3,(H,34,35)/t14-,20-,22+,23-,25-/m1/s1. The summed E-state index contributed by atoms with van der Waals surface area (Å²) in [5, 5.41) is 50.6. The summed E-state index contributed by atoms with van der Waals surface area (Å²) in [5.74, 6) is -6.02. The summed E-state index contributed by atoms with van der Waals surface area (Å²) >= 11 is 0. The zero-order valence-corrected chi connectivity index (χ0v) is 20.1. The predicted octanol–water partition coefficient (Wildman–Crippen LogP) is -0.842. The van der Waals surface area contributed by atoms with Crippen molar-refractivity contribution in [2.45, 2.75) is 37.1 Å². The van der Waals surface area contributed by atoms with Gasteiger partial charge >= 0.3 is 17.9 Å². The summed E-state index contributed by atoms with van der Waals surface area (Å²) in [6.45, 7) is -0.655. The first-order valence-electron chi connectivity index (χ1n) is 11.4. The van der Waals surface area contributed by atoms with Crippen molar-refractivity contribution in [3.63, 3.8) is 0 Å². The first-order valence-corrected chi connectivity index (χ1v) is 11.4. The zero-order valence-electron chi connectivity index (χ0n) is 20.1. The highest BCUT2D eigenvalue weighted by molar-refractivity contribution is 6.30. The Morgan fingerprint density at radius 3 is 2.31 bits per heavy atom. The third-order valence-corrected chi connectivity index (χ3v) is 6.17. The number of benzene rings is 2. The fourth-order valence-electron chi connectivity index (χ4n) is 4.18. The van der Waals surface area contributed by atoms with Crippen LogP contribution in [0, 0.1) is 0 Å². The lowest BCUT2D eigenvalue weighted by atomic mass is 9.82. The number of esters is 2. The van der Waals surface area contributed by atoms with Crippen LogP contribution in [-0.2, 0) is 23.8 Å². The third-order valence-electron chi connectivity index (χ3n) is 6.17. The molecule has 2 aromatic carbocycles. The first kappa shape index (κ1) is 27.7. The molecular weight excluding hydrogens is 524 g/mol. The Morgan fingerprint density at radius 1 is 0.923 bits per heavy atom. The van der Waals surface area contributed by atoms with Gasteiger partial charge in [-0.15, -0.1) is 0 Å². The third kappa shape index (κ3) is 5.18. The number of aliphatic hydroxyl groups excluding tert-OH is 3. The molecule has 0 bridgehead atoms. The van der Waals surface area contributed by atoms with Gasteiger partial charge in [-0.2, -0.15) is 0 Å². The number of ketones is 2. The lowest BCUT2D eigenvalue weighted by Crippen LogP contribution is -2.60. The van der Waals surface area contributed by atoms with Crippen molar-refractivity contribution in [1.82, 2.24) is 0 Å². The van der Waals surface area contributed by atoms with Crippen molar-refractivity contribution in [1.29, 1.82) is 0 Å². The largest absolute Gasteiger partial charge is 0.507 e. The zero-order chi connectivity index (χ0) is 28.6. The van der Waals surface area contributed by atoms with Crippen LogP contribution in [0.2, 0.25) is 0 Å². The Labute approximate surface area is 218 Å². The molecule has 2 aliphatic rings. The van der Waals surface area contributed by atoms with E-state index in [0.29, 0.717) is 0 Å². The number of carboxylic acid groups (broad SMARTS) is 1. The molecule has 1 fully saturated rings. The molecular formula is C25H22O14. The molecule has 5 N–H and O–H groups in total. The normalized spacial score (nSPS) is 23.8. The summed E-state index contributed by atoms with van der Waals surface area (Å²) in [6, 6.07) is 5.63. The number of carbonyl (C=O) groups is 5. The number of phenols is 1. The van der Waals surface area contributed by atoms with Crippen molar-refractivity contribution in [2.75, 3.05) is 13.7 Å². The fourth-order valence-corrected chi connectivity index (χ4v) is 4.18. The summed E-state index contributed by atoms with van der Waals surface area (Å²) in [7, 11) is 1.07. The Kier molecular flexibility index (Phi) is 7.65. The molecule has 39 heavy (non-hydrogen) atoms. The minimum absolute atomic E-state index is 0.189. The van der Waals surface area contributed by atoms with Crippen LogP contribution < -0.4 is 4.74 Å². The van der Waals surface area contributed by atoms with Gasteiger partial charge in [0.1, 0.15) is 48.9 Å². The van der Waals surface area contributed by atoms with E-state index in [4.69, 9.17) is 14.2 Å². The van der Waals surface area contributed by atoms with Crippen molar-refractivity contribution in [3.8, 4) is 11.5 Å². The first-order chi connectivity index (χ1) is 18.4. The monoisotopic (exact) mass is 546 g/mol. The van der Waals surface area contributed by atoms with Crippen molar-refractivity contribution in [2.24, 2.45) is 0 Å². The average Bonchev–Trinajstić information content (AvgIpc) is 2.90. The van der Waals surface area contributed by atoms with E-state index >= 15 is 0 Å². The van der Waals surface area contributed by atoms with Crippen LogP contribution >= 0.6 is 0 Å². The molecule has 14 heteroatoms. The lowest BCUT2D eigenvalue weighted by molar-refractivity contribution is -0.278. The van der Waals surface area contributed by atoms with Crippen molar-refractivity contribution in [3.05, 3.63) is 58.1 Å². The number of aromatic carboxylic acids is 1. The Bertz CT molecular complexity index is 1360. The smallest absolute Gasteiger partial charge is 0.335 e. The SMILES string of the molecule is COC(=O)CC(=O)OC[C@H]1O[C@@H](Oc2cccc3c2C(=O)c2c(O)cc(C(=O)O)cc2C3=O)[C@H](O)[C@@H](O)[C@@H]1O. The van der Waals surface area contributed by atoms with Gasteiger partial charge in [0.15, 0.2) is 5.78 Å². The number of phenolic OH excluding ortho intramolecular Hbond substituents is 1. The van der Waals surface area contributed by atoms with E-state index < -0.39 is 90.1 Å². The molecule has 1 aliphatic carbocycles. The van der Waals surface area contributed by atoms with Crippen molar-refractivity contribution < 1.29 is 68.5 Å². The number of ether oxygens (including phenoxy) is 4. The second kappa shape index (κ2) is 10.8. The van der Waals surface area contributed by atoms with E-state index in [1.165, 1.54) is 18.2 Å². The molecule has 4 rings (SSSR count). The maximum Gasteiger partial charge on any atom is 0.335 e. The second-order valence-electron chi connectivity index (χ2n) is 8.63. The van der Waals surface area contributed by atoms with E-state index in [2.05, 4.69) is 4.74 Å². The molecule has 1 aliphatic heterocycles. The van der Waals surface area contributed by atoms with Crippen LogP contribution in [0.25, 0.3) is 0 Å². The minimum atomic E-state index is -1.87. The van der Waals surface area contributed by atoms with Gasteiger partial charge in [-0.05, 0) is 18.2 Å². The predicted molar refractivity (Wildman–Crippen MR) is 123 cm³/mol. The summed E-state index contributed by atoms with van der Waals surface area (Å²) < 4.78 is 20.3. The van der Waals surface area contributed by atoms with Gasteiger partial charge < -0.3 is 44.5 Å². The molecule has 0 spiro atoms. The molecule has 0 amide bonds. The molecule has 0 unspecified atom stereocenters. The number of fused-ring (bicyclic) bond motifs is 2. The Morgan fingerprint density at radius 2 is 1.64 bits per heavy atom. The molecule has 5 atom stereocenters. The highest BCUT2D eigenvalue weighted by Gasteiger charge is 2.46. The van der Waals surface area contributed by atoms with Gasteiger partial charge in [-0.1, -0.05) is 12.1 Å². The number of methoxy groups -OCH3 is 1. The van der Waals surface area contributed by atoms with Gasteiger partial charge in [0.05, 0.1) is 23.8 Å². The highest BCUT2D eigenvalue weighted by Crippen LogP contribution is 2.38. The Hall–Kier alpha value is -4.37. The van der Waals surface area contributed by atoms with E-state index in [1.807, 2.05) is 0 Å². The molecule has 0 saturated carbocycles. The van der Waals surface area contributed by atoms with Gasteiger partial charge in [0.2, 0.25) is 12.1 Å². The highest BCUT2D eigenvalue weighted by atomic mass is 16.7. The van der Waals surface area contributed by atoms with Crippen LogP contribution in [0.3, 0.4) is 0 Å². The van der Waals surface area contributed by atoms with E-state index in [9.17, 15) is 49.5 Å². The number of rotatable bonds is 7. The Balaban J connectivity index is 1.60. The van der Waals surface area contributed by atoms with Gasteiger partial charge in [-0.25, -0.2) is 4.79 Å². The maximum absolute atomic E-state index is 13.3. The second-order valence-corrected chi connectivity index (χ2v) is 8.63. The molecule has 2 aromatic rings. The average molecular weight is 546 g/mol. The van der Waals surface area contributed by atoms with Crippen LogP contribution in [-0.4, -0.2) is 99.4 Å². The quantitative estimate of drug-likeness (QED) is 0.180. The van der Waals surface area contributed by atoms with E-state index in [-0.39, 0.29) is 22.4 Å². The number of hydrogen-bond donors (Lipinski definition) is 5. The number of carboxylic acids is 1. The summed E-state index contributed by atoms with van der Waals surface area (Å²) in [5.41, 5.74) is -1.71. The molecule has 206 valence electrons. The summed E-state index contributed by atoms with van der Waals surface area (Å²) in [4.78, 5) is 60.8. The van der Waals surface area contributed by atoms with Gasteiger partial charge in [-0.3, -0.25) is 19.2 Å². The molecule has 14 nitrogen and oxygen atoms in total. The number of aromatic hydroxyl groups is 1. The lowest BCUT2D eigenvalue weighted by Gasteiger charge is -2.40. The van der Waals surface area contributed by atoms with Crippen LogP contribution in [0.4, 0.5) is 0 Å². The fraction of sp³-hybridized carbons (Fsp3) is 0.320. The summed E-state index contributed by atoms with van der Waals surface area (Å²) in [6.07, 6.45) is -9.38. The van der Waals surface area contributed by atoms with Crippen LogP contribution in [0.5, 0.6) is 11.5 Å². The molecule has 1 saturated heterocycles. The van der Waals surface area contributed by atoms with E-state index in [1.54, 1.807) is 0 Å². The minimum Gasteiger partial charge on any atom is -0.507 e. The molecule has 0 radical (unpaired) electrons. The molecule has 0 aromatic heterocycles. The van der Waals surface area contributed by atoms with E-state index in [0.717, 1.165) is 19.2 Å². The number of aliphatic hydroxyl groups is 3. The van der Waals surface area contributed by atoms with Crippen LogP contribution in [0.1, 0.15) is 48.6 Å². The maximum atomic E-state index is 13.3. The van der Waals surface area contributed by atoms with Gasteiger partial charge in [0, 0.05) is 11.1 Å². The number of carbonyl (C=O) groups excluding carboxylic acids is 4. The topological polar surface area (TPSA) is 223 Å². The van der Waals surface area contributed by atoms with Crippen LogP contribution in [0.15, 0.2) is 30.3 Å². The number of hydrogen-bond acceptors (Lipinski definition) is 13. The molecule has 1 heterocycles. The van der Waals surface area contributed by atoms with Gasteiger partial charge in [0.25, 0.3) is 0 Å².